The van der Waals surface area contributed by atoms with E-state index in [1.807, 2.05) is 13.8 Å². The molecule has 0 aromatic carbocycles. The fourth-order valence-corrected chi connectivity index (χ4v) is 2.93. The second kappa shape index (κ2) is 6.80. The molecular weight excluding hydrogens is 292 g/mol. The number of likely N-dealkylation sites (tertiary alicyclic amines) is 1. The lowest BCUT2D eigenvalue weighted by molar-refractivity contribution is -0.153. The van der Waals surface area contributed by atoms with Gasteiger partial charge in [-0.05, 0) is 5.92 Å². The standard InChI is InChI=1S/C14H24N2O6/c1-9(2)11(15-13(19)20-3)12(18)16-8-14(6-10(16)7-17)21-4-5-22-14/h9-11,17H,4-8H2,1-3H3,(H,15,19). The molecule has 2 fully saturated rings. The van der Waals surface area contributed by atoms with Crippen LogP contribution in [0.1, 0.15) is 20.3 Å². The van der Waals surface area contributed by atoms with E-state index >= 15 is 0 Å². The highest BCUT2D eigenvalue weighted by Crippen LogP contribution is 2.35. The molecule has 0 saturated carbocycles. The average Bonchev–Trinajstić information content (AvgIpc) is 3.10. The van der Waals surface area contributed by atoms with E-state index in [0.717, 1.165) is 0 Å². The first-order chi connectivity index (χ1) is 10.4. The third kappa shape index (κ3) is 3.34. The van der Waals surface area contributed by atoms with E-state index in [9.17, 15) is 14.7 Å². The number of nitrogens with zero attached hydrogens (tertiary/aromatic N) is 1. The Kier molecular flexibility index (Phi) is 5.25. The van der Waals surface area contributed by atoms with Crippen LogP contribution in [0, 0.1) is 5.92 Å². The van der Waals surface area contributed by atoms with Gasteiger partial charge in [0, 0.05) is 6.42 Å². The summed E-state index contributed by atoms with van der Waals surface area (Å²) in [4.78, 5) is 25.8. The largest absolute Gasteiger partial charge is 0.453 e. The molecule has 1 spiro atoms. The lowest BCUT2D eigenvalue weighted by Crippen LogP contribution is -2.53. The number of ether oxygens (including phenoxy) is 3. The quantitative estimate of drug-likeness (QED) is 0.739. The van der Waals surface area contributed by atoms with Crippen molar-refractivity contribution >= 4 is 12.0 Å². The molecule has 2 amide bonds. The first-order valence-electron chi connectivity index (χ1n) is 7.46. The molecule has 8 heteroatoms. The van der Waals surface area contributed by atoms with Crippen LogP contribution in [0.2, 0.25) is 0 Å². The normalized spacial score (nSPS) is 24.8. The lowest BCUT2D eigenvalue weighted by Gasteiger charge is -2.30. The molecule has 0 aliphatic carbocycles. The topological polar surface area (TPSA) is 97.3 Å². The third-order valence-electron chi connectivity index (χ3n) is 4.10. The van der Waals surface area contributed by atoms with Crippen molar-refractivity contribution in [2.24, 2.45) is 5.92 Å². The van der Waals surface area contributed by atoms with E-state index < -0.39 is 17.9 Å². The molecule has 0 aromatic rings. The Labute approximate surface area is 129 Å². The molecule has 2 aliphatic heterocycles. The van der Waals surface area contributed by atoms with E-state index in [4.69, 9.17) is 9.47 Å². The number of aliphatic hydroxyl groups excluding tert-OH is 1. The van der Waals surface area contributed by atoms with Crippen molar-refractivity contribution < 1.29 is 28.9 Å². The Morgan fingerprint density at radius 1 is 1.41 bits per heavy atom. The summed E-state index contributed by atoms with van der Waals surface area (Å²) >= 11 is 0. The summed E-state index contributed by atoms with van der Waals surface area (Å²) < 4.78 is 15.8. The molecule has 2 aliphatic rings. The van der Waals surface area contributed by atoms with Gasteiger partial charge in [-0.15, -0.1) is 0 Å². The molecule has 8 nitrogen and oxygen atoms in total. The molecule has 0 radical (unpaired) electrons. The summed E-state index contributed by atoms with van der Waals surface area (Å²) in [5, 5.41) is 12.1. The Morgan fingerprint density at radius 3 is 2.55 bits per heavy atom. The number of amides is 2. The van der Waals surface area contributed by atoms with Gasteiger partial charge in [-0.1, -0.05) is 13.8 Å². The maximum atomic E-state index is 12.8. The smallest absolute Gasteiger partial charge is 0.407 e. The second-order valence-electron chi connectivity index (χ2n) is 5.97. The molecule has 2 heterocycles. The Hall–Kier alpha value is -1.38. The lowest BCUT2D eigenvalue weighted by atomic mass is 10.0. The zero-order valence-electron chi connectivity index (χ0n) is 13.2. The van der Waals surface area contributed by atoms with Crippen LogP contribution < -0.4 is 5.32 Å². The van der Waals surface area contributed by atoms with Crippen LogP contribution in [0.15, 0.2) is 0 Å². The first-order valence-corrected chi connectivity index (χ1v) is 7.46. The third-order valence-corrected chi connectivity index (χ3v) is 4.10. The fourth-order valence-electron chi connectivity index (χ4n) is 2.93. The highest BCUT2D eigenvalue weighted by Gasteiger charge is 2.51. The number of carbonyl (C=O) groups excluding carboxylic acids is 2. The minimum atomic E-state index is -0.824. The molecule has 2 unspecified atom stereocenters. The Bertz CT molecular complexity index is 422. The fraction of sp³-hybridized carbons (Fsp3) is 0.857. The Morgan fingerprint density at radius 2 is 2.05 bits per heavy atom. The molecule has 22 heavy (non-hydrogen) atoms. The van der Waals surface area contributed by atoms with E-state index in [0.29, 0.717) is 19.6 Å². The van der Waals surface area contributed by atoms with Crippen molar-refractivity contribution in [3.8, 4) is 0 Å². The highest BCUT2D eigenvalue weighted by molar-refractivity contribution is 5.86. The molecule has 126 valence electrons. The monoisotopic (exact) mass is 316 g/mol. The molecule has 2 rings (SSSR count). The van der Waals surface area contributed by atoms with Crippen molar-refractivity contribution in [1.82, 2.24) is 10.2 Å². The molecular formula is C14H24N2O6. The van der Waals surface area contributed by atoms with Gasteiger partial charge in [-0.25, -0.2) is 4.79 Å². The predicted molar refractivity (Wildman–Crippen MR) is 76.0 cm³/mol. The van der Waals surface area contributed by atoms with E-state index in [-0.39, 0.29) is 31.0 Å². The number of carbonyl (C=O) groups is 2. The summed E-state index contributed by atoms with van der Waals surface area (Å²) in [6.07, 6.45) is -0.229. The summed E-state index contributed by atoms with van der Waals surface area (Å²) in [6, 6.07) is -1.11. The van der Waals surface area contributed by atoms with Crippen molar-refractivity contribution in [1.29, 1.82) is 0 Å². The van der Waals surface area contributed by atoms with Crippen LogP contribution in [-0.2, 0) is 19.0 Å². The predicted octanol–water partition coefficient (Wildman–Crippen LogP) is -0.297. The van der Waals surface area contributed by atoms with Gasteiger partial charge < -0.3 is 29.5 Å². The van der Waals surface area contributed by atoms with E-state index in [2.05, 4.69) is 10.1 Å². The number of nitrogens with one attached hydrogen (secondary N) is 1. The number of hydrogen-bond donors (Lipinski definition) is 2. The number of hydrogen-bond acceptors (Lipinski definition) is 6. The van der Waals surface area contributed by atoms with Crippen LogP contribution in [0.25, 0.3) is 0 Å². The summed E-state index contributed by atoms with van der Waals surface area (Å²) in [6.45, 7) is 4.70. The van der Waals surface area contributed by atoms with Crippen LogP contribution in [0.3, 0.4) is 0 Å². The van der Waals surface area contributed by atoms with Crippen LogP contribution in [0.5, 0.6) is 0 Å². The summed E-state index contributed by atoms with van der Waals surface area (Å²) in [5.74, 6) is -1.21. The maximum absolute atomic E-state index is 12.8. The van der Waals surface area contributed by atoms with Gasteiger partial charge in [-0.2, -0.15) is 0 Å². The minimum Gasteiger partial charge on any atom is -0.453 e. The van der Waals surface area contributed by atoms with Crippen molar-refractivity contribution in [2.45, 2.75) is 38.1 Å². The summed E-state index contributed by atoms with van der Waals surface area (Å²) in [7, 11) is 1.25. The van der Waals surface area contributed by atoms with Gasteiger partial charge in [0.25, 0.3) is 0 Å². The van der Waals surface area contributed by atoms with Gasteiger partial charge in [0.2, 0.25) is 5.91 Å². The zero-order valence-corrected chi connectivity index (χ0v) is 13.2. The molecule has 0 bridgehead atoms. The summed E-state index contributed by atoms with van der Waals surface area (Å²) in [5.41, 5.74) is 0. The van der Waals surface area contributed by atoms with Crippen LogP contribution in [-0.4, -0.2) is 73.4 Å². The van der Waals surface area contributed by atoms with Gasteiger partial charge >= 0.3 is 6.09 Å². The van der Waals surface area contributed by atoms with Crippen LogP contribution in [0.4, 0.5) is 4.79 Å². The highest BCUT2D eigenvalue weighted by atomic mass is 16.7. The molecule has 2 atom stereocenters. The number of alkyl carbamates (subject to hydrolysis) is 1. The average molecular weight is 316 g/mol. The molecule has 2 saturated heterocycles. The van der Waals surface area contributed by atoms with Crippen molar-refractivity contribution in [2.75, 3.05) is 33.5 Å². The van der Waals surface area contributed by atoms with Crippen LogP contribution >= 0.6 is 0 Å². The zero-order chi connectivity index (χ0) is 16.3. The molecule has 0 aromatic heterocycles. The number of methoxy groups -OCH3 is 1. The molecule has 2 N–H and O–H groups in total. The minimum absolute atomic E-state index is 0.118. The first kappa shape index (κ1) is 17.0. The van der Waals surface area contributed by atoms with Gasteiger partial charge in [0.05, 0.1) is 39.5 Å². The Balaban J connectivity index is 2.12. The van der Waals surface area contributed by atoms with E-state index in [1.54, 1.807) is 0 Å². The van der Waals surface area contributed by atoms with Gasteiger partial charge in [0.1, 0.15) is 6.04 Å². The van der Waals surface area contributed by atoms with E-state index in [1.165, 1.54) is 12.0 Å². The van der Waals surface area contributed by atoms with Gasteiger partial charge in [-0.3, -0.25) is 4.79 Å². The number of rotatable bonds is 4. The SMILES string of the molecule is COC(=O)NC(C(=O)N1CC2(CC1CO)OCCO2)C(C)C. The van der Waals surface area contributed by atoms with Crippen molar-refractivity contribution in [3.63, 3.8) is 0 Å². The van der Waals surface area contributed by atoms with Crippen molar-refractivity contribution in [3.05, 3.63) is 0 Å². The van der Waals surface area contributed by atoms with Gasteiger partial charge in [0.15, 0.2) is 5.79 Å². The second-order valence-corrected chi connectivity index (χ2v) is 5.97. The number of aliphatic hydroxyl groups is 1. The maximum Gasteiger partial charge on any atom is 0.407 e.